The van der Waals surface area contributed by atoms with E-state index in [0.29, 0.717) is 12.3 Å². The van der Waals surface area contributed by atoms with Crippen LogP contribution in [-0.4, -0.2) is 12.8 Å². The van der Waals surface area contributed by atoms with Crippen LogP contribution in [0.4, 0.5) is 4.39 Å². The fourth-order valence-electron chi connectivity index (χ4n) is 1.33. The predicted octanol–water partition coefficient (Wildman–Crippen LogP) is 3.58. The van der Waals surface area contributed by atoms with Gasteiger partial charge in [-0.25, -0.2) is 0 Å². The van der Waals surface area contributed by atoms with E-state index in [1.165, 1.54) is 18.4 Å². The summed E-state index contributed by atoms with van der Waals surface area (Å²) in [5.41, 5.74) is 1.35. The Kier molecular flexibility index (Phi) is 7.80. The van der Waals surface area contributed by atoms with E-state index >= 15 is 0 Å². The minimum Gasteiger partial charge on any atom is -0.251 e. The van der Waals surface area contributed by atoms with Crippen molar-refractivity contribution in [2.75, 3.05) is 12.8 Å². The topological polar surface area (TPSA) is 0 Å². The Morgan fingerprint density at radius 3 is 2.67 bits per heavy atom. The molecule has 0 heterocycles. The summed E-state index contributed by atoms with van der Waals surface area (Å²) in [4.78, 5) is 0. The molecule has 0 aromatic rings. The standard InChI is InChI=1S/C10H20FP/c1-3-5-10(8-12)9(2)6-4-7-11/h6,10H,3-5,7-8,12H2,1-2H3/b9-6+. The van der Waals surface area contributed by atoms with Crippen molar-refractivity contribution >= 4 is 9.24 Å². The lowest BCUT2D eigenvalue weighted by Crippen LogP contribution is -2.03. The zero-order valence-electron chi connectivity index (χ0n) is 8.15. The maximum atomic E-state index is 11.9. The molecule has 2 atom stereocenters. The summed E-state index contributed by atoms with van der Waals surface area (Å²) in [6.07, 6.45) is 6.14. The van der Waals surface area contributed by atoms with Gasteiger partial charge < -0.3 is 0 Å². The zero-order valence-corrected chi connectivity index (χ0v) is 9.30. The molecule has 0 aliphatic heterocycles. The van der Waals surface area contributed by atoms with Crippen molar-refractivity contribution < 1.29 is 4.39 Å². The van der Waals surface area contributed by atoms with Crippen molar-refractivity contribution in [1.29, 1.82) is 0 Å². The van der Waals surface area contributed by atoms with Crippen molar-refractivity contribution in [2.45, 2.75) is 33.1 Å². The van der Waals surface area contributed by atoms with Crippen LogP contribution in [0.5, 0.6) is 0 Å². The highest BCUT2D eigenvalue weighted by Gasteiger charge is 2.05. The van der Waals surface area contributed by atoms with Gasteiger partial charge in [0, 0.05) is 0 Å². The quantitative estimate of drug-likeness (QED) is 0.443. The molecule has 0 radical (unpaired) electrons. The van der Waals surface area contributed by atoms with Gasteiger partial charge in [-0.3, -0.25) is 4.39 Å². The minimum absolute atomic E-state index is 0.229. The van der Waals surface area contributed by atoms with Crippen LogP contribution in [0.15, 0.2) is 11.6 Å². The first-order valence-electron chi connectivity index (χ1n) is 4.68. The Bertz CT molecular complexity index is 132. The fourth-order valence-corrected chi connectivity index (χ4v) is 1.94. The Balaban J connectivity index is 3.91. The Morgan fingerprint density at radius 1 is 1.58 bits per heavy atom. The average Bonchev–Trinajstić information content (AvgIpc) is 2.10. The van der Waals surface area contributed by atoms with Gasteiger partial charge in [-0.2, -0.15) is 0 Å². The van der Waals surface area contributed by atoms with Crippen LogP contribution in [0.3, 0.4) is 0 Å². The lowest BCUT2D eigenvalue weighted by atomic mass is 9.97. The number of alkyl halides is 1. The number of hydrogen-bond donors (Lipinski definition) is 0. The van der Waals surface area contributed by atoms with Gasteiger partial charge in [0.2, 0.25) is 0 Å². The first-order chi connectivity index (χ1) is 5.76. The van der Waals surface area contributed by atoms with E-state index in [0.717, 1.165) is 6.16 Å². The Morgan fingerprint density at radius 2 is 2.25 bits per heavy atom. The maximum absolute atomic E-state index is 11.9. The molecule has 0 amide bonds. The molecule has 2 heteroatoms. The smallest absolute Gasteiger partial charge is 0.0928 e. The van der Waals surface area contributed by atoms with Crippen LogP contribution in [0.1, 0.15) is 33.1 Å². The zero-order chi connectivity index (χ0) is 9.40. The van der Waals surface area contributed by atoms with Gasteiger partial charge in [0.25, 0.3) is 0 Å². The number of halogens is 1. The van der Waals surface area contributed by atoms with Gasteiger partial charge in [-0.15, -0.1) is 9.24 Å². The van der Waals surface area contributed by atoms with E-state index in [2.05, 4.69) is 23.1 Å². The van der Waals surface area contributed by atoms with Gasteiger partial charge >= 0.3 is 0 Å². The summed E-state index contributed by atoms with van der Waals surface area (Å²) >= 11 is 0. The van der Waals surface area contributed by atoms with Crippen molar-refractivity contribution in [1.82, 2.24) is 0 Å². The first kappa shape index (κ1) is 12.1. The summed E-state index contributed by atoms with van der Waals surface area (Å²) < 4.78 is 11.9. The van der Waals surface area contributed by atoms with Crippen molar-refractivity contribution in [3.63, 3.8) is 0 Å². The molecule has 0 bridgehead atoms. The molecule has 0 aromatic heterocycles. The Labute approximate surface area is 77.8 Å². The molecule has 0 nitrogen and oxygen atoms in total. The van der Waals surface area contributed by atoms with E-state index in [-0.39, 0.29) is 6.67 Å². The normalized spacial score (nSPS) is 14.8. The molecular weight excluding hydrogens is 170 g/mol. The molecule has 0 aromatic carbocycles. The van der Waals surface area contributed by atoms with Crippen molar-refractivity contribution in [3.8, 4) is 0 Å². The third-order valence-corrected chi connectivity index (χ3v) is 2.71. The van der Waals surface area contributed by atoms with E-state index in [4.69, 9.17) is 0 Å². The van der Waals surface area contributed by atoms with E-state index in [1.54, 1.807) is 0 Å². The van der Waals surface area contributed by atoms with Gasteiger partial charge in [0.1, 0.15) is 0 Å². The van der Waals surface area contributed by atoms with Crippen LogP contribution in [0.2, 0.25) is 0 Å². The van der Waals surface area contributed by atoms with Gasteiger partial charge in [0.05, 0.1) is 6.67 Å². The van der Waals surface area contributed by atoms with Crippen LogP contribution in [0, 0.1) is 5.92 Å². The number of allylic oxidation sites excluding steroid dienone is 2. The van der Waals surface area contributed by atoms with E-state index < -0.39 is 0 Å². The number of hydrogen-bond acceptors (Lipinski definition) is 0. The first-order valence-corrected chi connectivity index (χ1v) is 5.50. The molecule has 0 spiro atoms. The molecule has 0 N–H and O–H groups in total. The monoisotopic (exact) mass is 190 g/mol. The molecule has 72 valence electrons. The summed E-state index contributed by atoms with van der Waals surface area (Å²) in [5, 5.41) is 0. The molecule has 0 aliphatic rings. The molecular formula is C10H20FP. The SMILES string of the molecule is CCCC(CP)/C(C)=C/CCF. The maximum Gasteiger partial charge on any atom is 0.0928 e. The second-order valence-electron chi connectivity index (χ2n) is 3.15. The molecule has 0 saturated carbocycles. The van der Waals surface area contributed by atoms with Crippen LogP contribution in [0.25, 0.3) is 0 Å². The summed E-state index contributed by atoms with van der Waals surface area (Å²) in [5.74, 6) is 0.645. The number of rotatable bonds is 6. The van der Waals surface area contributed by atoms with E-state index in [1.807, 2.05) is 6.08 Å². The molecule has 12 heavy (non-hydrogen) atoms. The lowest BCUT2D eigenvalue weighted by Gasteiger charge is -2.14. The highest BCUT2D eigenvalue weighted by molar-refractivity contribution is 7.16. The summed E-state index contributed by atoms with van der Waals surface area (Å²) in [6.45, 7) is 4.07. The van der Waals surface area contributed by atoms with Gasteiger partial charge in [0.15, 0.2) is 0 Å². The van der Waals surface area contributed by atoms with E-state index in [9.17, 15) is 4.39 Å². The average molecular weight is 190 g/mol. The molecule has 2 unspecified atom stereocenters. The predicted molar refractivity (Wildman–Crippen MR) is 57.3 cm³/mol. The van der Waals surface area contributed by atoms with Gasteiger partial charge in [-0.1, -0.05) is 25.0 Å². The van der Waals surface area contributed by atoms with Crippen molar-refractivity contribution in [3.05, 3.63) is 11.6 Å². The molecule has 0 fully saturated rings. The lowest BCUT2D eigenvalue weighted by molar-refractivity contribution is 0.498. The highest BCUT2D eigenvalue weighted by atomic mass is 31.0. The fraction of sp³-hybridized carbons (Fsp3) is 0.800. The minimum atomic E-state index is -0.229. The second kappa shape index (κ2) is 7.73. The van der Waals surface area contributed by atoms with Crippen molar-refractivity contribution in [2.24, 2.45) is 5.92 Å². The third kappa shape index (κ3) is 4.87. The molecule has 0 saturated heterocycles. The molecule has 0 aliphatic carbocycles. The molecule has 0 rings (SSSR count). The van der Waals surface area contributed by atoms with Crippen LogP contribution in [-0.2, 0) is 0 Å². The highest BCUT2D eigenvalue weighted by Crippen LogP contribution is 2.19. The third-order valence-electron chi connectivity index (χ3n) is 2.14. The summed E-state index contributed by atoms with van der Waals surface area (Å²) in [6, 6.07) is 0. The van der Waals surface area contributed by atoms with Crippen LogP contribution >= 0.6 is 9.24 Å². The Hall–Kier alpha value is 0.100. The summed E-state index contributed by atoms with van der Waals surface area (Å²) in [7, 11) is 2.77. The van der Waals surface area contributed by atoms with Gasteiger partial charge in [-0.05, 0) is 31.8 Å². The largest absolute Gasteiger partial charge is 0.251 e. The second-order valence-corrected chi connectivity index (χ2v) is 3.62. The van der Waals surface area contributed by atoms with Crippen LogP contribution < -0.4 is 0 Å².